The van der Waals surface area contributed by atoms with Crippen LogP contribution >= 0.6 is 11.3 Å². The number of nitrogens with two attached hydrogens (primary N) is 1. The number of amides is 1. The van der Waals surface area contributed by atoms with E-state index >= 15 is 0 Å². The zero-order valence-electron chi connectivity index (χ0n) is 10.4. The molecular formula is C13H15N3O2S. The summed E-state index contributed by atoms with van der Waals surface area (Å²) < 4.78 is 5.28. The first-order valence-electron chi connectivity index (χ1n) is 6.28. The van der Waals surface area contributed by atoms with Crippen molar-refractivity contribution in [1.82, 2.24) is 9.88 Å². The molecule has 1 amide bonds. The van der Waals surface area contributed by atoms with Gasteiger partial charge in [0.1, 0.15) is 4.88 Å². The highest BCUT2D eigenvalue weighted by Gasteiger charge is 2.23. The van der Waals surface area contributed by atoms with Gasteiger partial charge in [0.2, 0.25) is 0 Å². The van der Waals surface area contributed by atoms with Gasteiger partial charge in [-0.25, -0.2) is 4.98 Å². The van der Waals surface area contributed by atoms with Gasteiger partial charge in [-0.15, -0.1) is 11.3 Å². The summed E-state index contributed by atoms with van der Waals surface area (Å²) in [5, 5.41) is 0.738. The van der Waals surface area contributed by atoms with E-state index in [1.54, 1.807) is 12.5 Å². The first-order valence-corrected chi connectivity index (χ1v) is 7.10. The van der Waals surface area contributed by atoms with Crippen LogP contribution in [0.5, 0.6) is 0 Å². The third kappa shape index (κ3) is 2.54. The summed E-state index contributed by atoms with van der Waals surface area (Å²) in [6.45, 7) is 1.46. The van der Waals surface area contributed by atoms with Gasteiger partial charge in [0.15, 0.2) is 10.8 Å². The molecule has 3 heterocycles. The highest BCUT2D eigenvalue weighted by Crippen LogP contribution is 2.26. The number of nitrogens with zero attached hydrogens (tertiary/aromatic N) is 2. The van der Waals surface area contributed by atoms with Crippen molar-refractivity contribution in [2.75, 3.05) is 13.1 Å². The van der Waals surface area contributed by atoms with Gasteiger partial charge in [-0.3, -0.25) is 4.79 Å². The van der Waals surface area contributed by atoms with E-state index in [4.69, 9.17) is 10.2 Å². The van der Waals surface area contributed by atoms with Gasteiger partial charge in [0.05, 0.1) is 12.5 Å². The number of rotatable bonds is 2. The number of hydrogen-bond acceptors (Lipinski definition) is 5. The topological polar surface area (TPSA) is 72.4 Å². The first kappa shape index (κ1) is 12.4. The summed E-state index contributed by atoms with van der Waals surface area (Å²) in [4.78, 5) is 19.1. The molecule has 1 saturated heterocycles. The van der Waals surface area contributed by atoms with Gasteiger partial charge < -0.3 is 15.1 Å². The Bertz CT molecular complexity index is 556. The summed E-state index contributed by atoms with van der Waals surface area (Å²) in [7, 11) is 0. The molecule has 0 aliphatic carbocycles. The van der Waals surface area contributed by atoms with Crippen LogP contribution in [0.15, 0.2) is 29.0 Å². The largest absolute Gasteiger partial charge is 0.462 e. The van der Waals surface area contributed by atoms with E-state index in [-0.39, 0.29) is 11.9 Å². The molecule has 0 radical (unpaired) electrons. The molecule has 0 bridgehead atoms. The lowest BCUT2D eigenvalue weighted by Gasteiger charge is -2.29. The smallest absolute Gasteiger partial charge is 0.265 e. The van der Waals surface area contributed by atoms with Crippen LogP contribution in [-0.2, 0) is 0 Å². The normalized spacial score (nSPS) is 16.8. The van der Waals surface area contributed by atoms with Crippen LogP contribution in [0.2, 0.25) is 0 Å². The molecule has 1 aliphatic heterocycles. The number of aromatic nitrogens is 1. The minimum Gasteiger partial charge on any atom is -0.462 e. The number of thiazole rings is 1. The lowest BCUT2D eigenvalue weighted by Crippen LogP contribution is -2.42. The molecule has 2 aromatic rings. The van der Waals surface area contributed by atoms with E-state index in [1.807, 2.05) is 17.0 Å². The van der Waals surface area contributed by atoms with Crippen LogP contribution in [0.4, 0.5) is 0 Å². The Kier molecular flexibility index (Phi) is 3.35. The van der Waals surface area contributed by atoms with Gasteiger partial charge in [-0.2, -0.15) is 0 Å². The minimum atomic E-state index is 0.0437. The number of carbonyl (C=O) groups excluding carboxylic acids is 1. The molecule has 0 unspecified atom stereocenters. The Labute approximate surface area is 115 Å². The van der Waals surface area contributed by atoms with E-state index in [2.05, 4.69) is 4.98 Å². The molecule has 1 fully saturated rings. The van der Waals surface area contributed by atoms with E-state index in [0.29, 0.717) is 10.6 Å². The van der Waals surface area contributed by atoms with E-state index < -0.39 is 0 Å². The van der Waals surface area contributed by atoms with Crippen molar-refractivity contribution < 1.29 is 9.21 Å². The molecule has 0 spiro atoms. The summed E-state index contributed by atoms with van der Waals surface area (Å²) in [6.07, 6.45) is 4.97. The Hall–Kier alpha value is -1.66. The Morgan fingerprint density at radius 2 is 2.26 bits per heavy atom. The summed E-state index contributed by atoms with van der Waals surface area (Å²) in [6, 6.07) is 3.88. The SMILES string of the molecule is NC1CCN(C(=O)c2cnc(-c3ccco3)s2)CC1. The highest BCUT2D eigenvalue weighted by atomic mass is 32.1. The molecule has 19 heavy (non-hydrogen) atoms. The number of furan rings is 1. The predicted molar refractivity (Wildman–Crippen MR) is 72.9 cm³/mol. The quantitative estimate of drug-likeness (QED) is 0.911. The lowest BCUT2D eigenvalue weighted by molar-refractivity contribution is 0.0719. The summed E-state index contributed by atoms with van der Waals surface area (Å²) >= 11 is 1.37. The molecule has 0 aromatic carbocycles. The van der Waals surface area contributed by atoms with Crippen molar-refractivity contribution in [3.05, 3.63) is 29.5 Å². The summed E-state index contributed by atoms with van der Waals surface area (Å²) in [5.41, 5.74) is 5.84. The van der Waals surface area contributed by atoms with E-state index in [0.717, 1.165) is 30.9 Å². The fourth-order valence-electron chi connectivity index (χ4n) is 2.15. The third-order valence-electron chi connectivity index (χ3n) is 3.28. The molecule has 0 saturated carbocycles. The monoisotopic (exact) mass is 277 g/mol. The van der Waals surface area contributed by atoms with Gasteiger partial charge in [0, 0.05) is 19.1 Å². The molecule has 6 heteroatoms. The zero-order chi connectivity index (χ0) is 13.2. The Balaban J connectivity index is 1.74. The van der Waals surface area contributed by atoms with E-state index in [1.165, 1.54) is 11.3 Å². The number of likely N-dealkylation sites (tertiary alicyclic amines) is 1. The van der Waals surface area contributed by atoms with Crippen LogP contribution in [0.1, 0.15) is 22.5 Å². The van der Waals surface area contributed by atoms with Crippen molar-refractivity contribution >= 4 is 17.2 Å². The standard InChI is InChI=1S/C13H15N3O2S/c14-9-3-5-16(6-4-9)13(17)11-8-15-12(19-11)10-2-1-7-18-10/h1-2,7-9H,3-6,14H2. The molecule has 1 aliphatic rings. The van der Waals surface area contributed by atoms with Crippen molar-refractivity contribution in [2.45, 2.75) is 18.9 Å². The third-order valence-corrected chi connectivity index (χ3v) is 4.28. The molecule has 2 aromatic heterocycles. The Morgan fingerprint density at radius 1 is 1.47 bits per heavy atom. The van der Waals surface area contributed by atoms with Crippen molar-refractivity contribution in [2.24, 2.45) is 5.73 Å². The van der Waals surface area contributed by atoms with Gasteiger partial charge in [0.25, 0.3) is 5.91 Å². The fourth-order valence-corrected chi connectivity index (χ4v) is 3.00. The highest BCUT2D eigenvalue weighted by molar-refractivity contribution is 7.16. The van der Waals surface area contributed by atoms with Crippen LogP contribution in [-0.4, -0.2) is 34.9 Å². The maximum Gasteiger partial charge on any atom is 0.265 e. The second-order valence-electron chi connectivity index (χ2n) is 4.64. The fraction of sp³-hybridized carbons (Fsp3) is 0.385. The lowest BCUT2D eigenvalue weighted by atomic mass is 10.1. The van der Waals surface area contributed by atoms with Crippen molar-refractivity contribution in [3.8, 4) is 10.8 Å². The van der Waals surface area contributed by atoms with Crippen LogP contribution in [0, 0.1) is 0 Å². The van der Waals surface area contributed by atoms with Crippen LogP contribution in [0.3, 0.4) is 0 Å². The van der Waals surface area contributed by atoms with Crippen LogP contribution < -0.4 is 5.73 Å². The molecule has 0 atom stereocenters. The average molecular weight is 277 g/mol. The zero-order valence-corrected chi connectivity index (χ0v) is 11.2. The maximum absolute atomic E-state index is 12.3. The maximum atomic E-state index is 12.3. The van der Waals surface area contributed by atoms with Crippen LogP contribution in [0.25, 0.3) is 10.8 Å². The van der Waals surface area contributed by atoms with E-state index in [9.17, 15) is 4.79 Å². The van der Waals surface area contributed by atoms with Gasteiger partial charge in [-0.05, 0) is 25.0 Å². The molecular weight excluding hydrogens is 262 g/mol. The molecule has 100 valence electrons. The second-order valence-corrected chi connectivity index (χ2v) is 5.67. The predicted octanol–water partition coefficient (Wildman–Crippen LogP) is 1.97. The number of carbonyl (C=O) groups is 1. The number of piperidine rings is 1. The number of hydrogen-bond donors (Lipinski definition) is 1. The van der Waals surface area contributed by atoms with Gasteiger partial charge in [-0.1, -0.05) is 0 Å². The second kappa shape index (κ2) is 5.14. The average Bonchev–Trinajstić information content (AvgIpc) is 3.10. The summed E-state index contributed by atoms with van der Waals surface area (Å²) in [5.74, 6) is 0.743. The molecule has 2 N–H and O–H groups in total. The first-order chi connectivity index (χ1) is 9.24. The van der Waals surface area contributed by atoms with Gasteiger partial charge >= 0.3 is 0 Å². The minimum absolute atomic E-state index is 0.0437. The Morgan fingerprint density at radius 3 is 2.95 bits per heavy atom. The van der Waals surface area contributed by atoms with Crippen molar-refractivity contribution in [1.29, 1.82) is 0 Å². The molecule has 5 nitrogen and oxygen atoms in total. The molecule has 3 rings (SSSR count). The van der Waals surface area contributed by atoms with Crippen molar-refractivity contribution in [3.63, 3.8) is 0 Å².